The largest absolute Gasteiger partial charge is 0.350 e. The summed E-state index contributed by atoms with van der Waals surface area (Å²) in [6, 6.07) is -3.40. The molecule has 0 radical (unpaired) electrons. The molecular formula is C34H57N5O7S. The predicted octanol–water partition coefficient (Wildman–Crippen LogP) is 2.99. The number of nitrogens with zero attached hydrogens (tertiary/aromatic N) is 1. The Bertz CT molecular complexity index is 1290. The number of sulfone groups is 1. The summed E-state index contributed by atoms with van der Waals surface area (Å²) in [6.07, 6.45) is 9.16. The van der Waals surface area contributed by atoms with Crippen LogP contribution in [0.5, 0.6) is 0 Å². The van der Waals surface area contributed by atoms with Gasteiger partial charge in [-0.3, -0.25) is 19.2 Å². The highest BCUT2D eigenvalue weighted by Crippen LogP contribution is 2.43. The molecule has 4 fully saturated rings. The monoisotopic (exact) mass is 679 g/mol. The summed E-state index contributed by atoms with van der Waals surface area (Å²) in [5.74, 6) is -2.13. The third-order valence-corrected chi connectivity index (χ3v) is 13.3. The van der Waals surface area contributed by atoms with E-state index < -0.39 is 67.8 Å². The lowest BCUT2D eigenvalue weighted by molar-refractivity contribution is -0.144. The first-order valence-electron chi connectivity index (χ1n) is 17.9. The number of likely N-dealkylation sites (tertiary alicyclic amines) is 1. The SMILES string of the molecule is CCC[C@H](NC(=O)[C@@H]1[C@H]2CCC[C@H]2CN1C(=O)[C@@H](NC(=O)NC1([C@H]2CCCCS2(=O)=O)CCCCC1)C(C)(C)C)C(=O)C(=O)NCC. The van der Waals surface area contributed by atoms with E-state index >= 15 is 0 Å². The molecule has 0 aromatic rings. The zero-order valence-corrected chi connectivity index (χ0v) is 29.8. The van der Waals surface area contributed by atoms with Gasteiger partial charge in [0.05, 0.1) is 22.6 Å². The molecule has 0 bridgehead atoms. The molecule has 5 amide bonds. The minimum atomic E-state index is -3.38. The fourth-order valence-electron chi connectivity index (χ4n) is 8.58. The van der Waals surface area contributed by atoms with Crippen LogP contribution in [0.15, 0.2) is 0 Å². The Morgan fingerprint density at radius 3 is 2.21 bits per heavy atom. The van der Waals surface area contributed by atoms with Gasteiger partial charge in [0.1, 0.15) is 12.1 Å². The second kappa shape index (κ2) is 15.2. The zero-order valence-electron chi connectivity index (χ0n) is 29.0. The molecule has 2 saturated carbocycles. The molecule has 2 saturated heterocycles. The molecule has 2 aliphatic carbocycles. The lowest BCUT2D eigenvalue weighted by Crippen LogP contribution is -2.66. The van der Waals surface area contributed by atoms with Crippen molar-refractivity contribution in [1.29, 1.82) is 0 Å². The van der Waals surface area contributed by atoms with E-state index in [4.69, 9.17) is 0 Å². The molecule has 47 heavy (non-hydrogen) atoms. The molecule has 13 heteroatoms. The molecule has 4 N–H and O–H groups in total. The number of nitrogens with one attached hydrogen (secondary N) is 4. The first-order chi connectivity index (χ1) is 22.1. The summed E-state index contributed by atoms with van der Waals surface area (Å²) in [5.41, 5.74) is -1.62. The molecule has 0 aromatic carbocycles. The number of fused-ring (bicyclic) bond motifs is 1. The van der Waals surface area contributed by atoms with Crippen LogP contribution in [0.25, 0.3) is 0 Å². The Kier molecular flexibility index (Phi) is 12.0. The van der Waals surface area contributed by atoms with Crippen LogP contribution in [0.2, 0.25) is 0 Å². The highest BCUT2D eigenvalue weighted by molar-refractivity contribution is 7.92. The van der Waals surface area contributed by atoms with Crippen molar-refractivity contribution in [3.8, 4) is 0 Å². The van der Waals surface area contributed by atoms with Crippen molar-refractivity contribution in [2.45, 2.75) is 147 Å². The number of carbonyl (C=O) groups excluding carboxylic acids is 5. The number of carbonyl (C=O) groups is 5. The highest BCUT2D eigenvalue weighted by atomic mass is 32.2. The molecule has 0 spiro atoms. The van der Waals surface area contributed by atoms with Crippen molar-refractivity contribution >= 4 is 39.4 Å². The first kappa shape index (κ1) is 37.1. The fraction of sp³-hybridized carbons (Fsp3) is 0.853. The maximum Gasteiger partial charge on any atom is 0.315 e. The number of ketones is 1. The summed E-state index contributed by atoms with van der Waals surface area (Å²) in [6.45, 7) is 9.80. The predicted molar refractivity (Wildman–Crippen MR) is 179 cm³/mol. The van der Waals surface area contributed by atoms with Gasteiger partial charge >= 0.3 is 6.03 Å². The van der Waals surface area contributed by atoms with Crippen molar-refractivity contribution in [3.63, 3.8) is 0 Å². The van der Waals surface area contributed by atoms with Crippen LogP contribution < -0.4 is 21.3 Å². The summed E-state index contributed by atoms with van der Waals surface area (Å²) in [4.78, 5) is 69.1. The van der Waals surface area contributed by atoms with Gasteiger partial charge in [0.2, 0.25) is 17.6 Å². The number of likely N-dealkylation sites (N-methyl/N-ethyl adjacent to an activating group) is 1. The van der Waals surface area contributed by atoms with E-state index in [0.29, 0.717) is 51.6 Å². The van der Waals surface area contributed by atoms with Gasteiger partial charge in [-0.1, -0.05) is 66.2 Å². The first-order valence-corrected chi connectivity index (χ1v) is 19.6. The lowest BCUT2D eigenvalue weighted by atomic mass is 9.77. The normalized spacial score (nSPS) is 28.0. The number of Topliss-reactive ketones (excluding diaryl/α,β-unsaturated/α-hetero) is 1. The van der Waals surface area contributed by atoms with Crippen molar-refractivity contribution in [2.24, 2.45) is 17.3 Å². The Morgan fingerprint density at radius 1 is 0.894 bits per heavy atom. The number of amides is 5. The maximum absolute atomic E-state index is 14.5. The van der Waals surface area contributed by atoms with Crippen LogP contribution in [-0.4, -0.2) is 90.6 Å². The second-order valence-electron chi connectivity index (χ2n) is 15.3. The third kappa shape index (κ3) is 8.31. The molecule has 12 nitrogen and oxygen atoms in total. The van der Waals surface area contributed by atoms with Gasteiger partial charge in [-0.2, -0.15) is 0 Å². The van der Waals surface area contributed by atoms with E-state index in [1.807, 2.05) is 27.7 Å². The van der Waals surface area contributed by atoms with E-state index in [1.165, 1.54) is 0 Å². The molecule has 0 unspecified atom stereocenters. The van der Waals surface area contributed by atoms with E-state index in [2.05, 4.69) is 21.3 Å². The number of hydrogen-bond acceptors (Lipinski definition) is 7. The van der Waals surface area contributed by atoms with Crippen molar-refractivity contribution in [2.75, 3.05) is 18.8 Å². The quantitative estimate of drug-likeness (QED) is 0.243. The van der Waals surface area contributed by atoms with Crippen LogP contribution in [0.3, 0.4) is 0 Å². The van der Waals surface area contributed by atoms with Gasteiger partial charge < -0.3 is 26.2 Å². The molecular weight excluding hydrogens is 622 g/mol. The maximum atomic E-state index is 14.5. The molecule has 4 aliphatic rings. The van der Waals surface area contributed by atoms with Gasteiger partial charge in [-0.15, -0.1) is 0 Å². The summed E-state index contributed by atoms with van der Waals surface area (Å²) in [7, 11) is -3.38. The van der Waals surface area contributed by atoms with Crippen LogP contribution in [0, 0.1) is 17.3 Å². The second-order valence-corrected chi connectivity index (χ2v) is 17.6. The van der Waals surface area contributed by atoms with Crippen molar-refractivity contribution in [3.05, 3.63) is 0 Å². The van der Waals surface area contributed by atoms with Gasteiger partial charge in [0, 0.05) is 13.1 Å². The smallest absolute Gasteiger partial charge is 0.315 e. The molecule has 2 aliphatic heterocycles. The number of hydrogen-bond donors (Lipinski definition) is 4. The lowest BCUT2D eigenvalue weighted by Gasteiger charge is -2.45. The minimum absolute atomic E-state index is 0.0859. The topological polar surface area (TPSA) is 171 Å². The van der Waals surface area contributed by atoms with Crippen LogP contribution >= 0.6 is 0 Å². The average Bonchev–Trinajstić information content (AvgIpc) is 3.60. The van der Waals surface area contributed by atoms with Crippen molar-refractivity contribution < 1.29 is 32.4 Å². The summed E-state index contributed by atoms with van der Waals surface area (Å²) < 4.78 is 26.5. The number of rotatable bonds is 11. The fourth-order valence-corrected chi connectivity index (χ4v) is 11.0. The Labute approximate surface area is 280 Å². The number of urea groups is 1. The van der Waals surface area contributed by atoms with Gasteiger partial charge in [-0.25, -0.2) is 13.2 Å². The highest BCUT2D eigenvalue weighted by Gasteiger charge is 2.53. The summed E-state index contributed by atoms with van der Waals surface area (Å²) >= 11 is 0. The Balaban J connectivity index is 1.56. The van der Waals surface area contributed by atoms with Crippen LogP contribution in [0.1, 0.15) is 118 Å². The van der Waals surface area contributed by atoms with E-state index in [-0.39, 0.29) is 23.5 Å². The summed E-state index contributed by atoms with van der Waals surface area (Å²) in [5, 5.41) is 10.7. The van der Waals surface area contributed by atoms with Gasteiger partial charge in [-0.05, 0) is 69.1 Å². The zero-order chi connectivity index (χ0) is 34.6. The average molecular weight is 680 g/mol. The third-order valence-electron chi connectivity index (χ3n) is 10.9. The van der Waals surface area contributed by atoms with Crippen LogP contribution in [-0.2, 0) is 29.0 Å². The molecule has 2 heterocycles. The standard InChI is InChI=1S/C34H57N5O7S/c1-6-14-24(27(40)30(42)35-7-2)36-29(41)26-23-16-13-15-22(23)21-39(26)31(43)28(33(3,4)5)37-32(44)38-34(18-10-8-11-19-34)25-17-9-12-20-47(25,45)46/h22-26,28H,6-21H2,1-5H3,(H,35,42)(H,36,41)(H2,37,38,44)/t22-,23-,24-,25+,26-,28+/m0/s1. The van der Waals surface area contributed by atoms with Crippen LogP contribution in [0.4, 0.5) is 4.79 Å². The minimum Gasteiger partial charge on any atom is -0.350 e. The van der Waals surface area contributed by atoms with Gasteiger partial charge in [0.25, 0.3) is 5.91 Å². The van der Waals surface area contributed by atoms with E-state index in [0.717, 1.165) is 44.9 Å². The molecule has 0 aromatic heterocycles. The van der Waals surface area contributed by atoms with E-state index in [1.54, 1.807) is 11.8 Å². The molecule has 266 valence electrons. The Hall–Kier alpha value is -2.70. The van der Waals surface area contributed by atoms with E-state index in [9.17, 15) is 32.4 Å². The Morgan fingerprint density at radius 2 is 1.60 bits per heavy atom. The molecule has 4 rings (SSSR count). The molecule has 6 atom stereocenters. The van der Waals surface area contributed by atoms with Crippen molar-refractivity contribution in [1.82, 2.24) is 26.2 Å². The van der Waals surface area contributed by atoms with Gasteiger partial charge in [0.15, 0.2) is 9.84 Å².